The Morgan fingerprint density at radius 1 is 0.442 bits per heavy atom. The molecule has 0 bridgehead atoms. The number of likely N-dealkylation sites (tertiary alicyclic amines) is 3. The highest BCUT2D eigenvalue weighted by Crippen LogP contribution is 2.57. The molecule has 0 radical (unpaired) electrons. The van der Waals surface area contributed by atoms with Gasteiger partial charge in [-0.25, -0.2) is 9.59 Å². The van der Waals surface area contributed by atoms with E-state index in [2.05, 4.69) is 133 Å². The average Bonchev–Trinajstić information content (AvgIpc) is 1.58. The van der Waals surface area contributed by atoms with Crippen LogP contribution in [0.15, 0.2) is 153 Å². The lowest BCUT2D eigenvalue weighted by Gasteiger charge is -2.44. The lowest BCUT2D eigenvalue weighted by Crippen LogP contribution is -2.50. The predicted octanol–water partition coefficient (Wildman–Crippen LogP) is 17.8. The van der Waals surface area contributed by atoms with Crippen LogP contribution in [0.5, 0.6) is 0 Å². The number of benzene rings is 4. The first-order valence-electron chi connectivity index (χ1n) is 45.4. The highest BCUT2D eigenvalue weighted by atomic mass is 16.6. The molecule has 3 N–H and O–H groups in total. The van der Waals surface area contributed by atoms with E-state index in [4.69, 9.17) is 27.8 Å². The monoisotopic (exact) mass is 1640 g/mol. The largest absolute Gasteiger partial charge is 0.481 e. The van der Waals surface area contributed by atoms with Crippen LogP contribution in [0.2, 0.25) is 0 Å². The lowest BCUT2D eigenvalue weighted by atomic mass is 9.68. The minimum atomic E-state index is -0.641. The fraction of sp³-hybridized carbons (Fsp3) is 0.612. The number of amides is 2. The summed E-state index contributed by atoms with van der Waals surface area (Å²) in [6.07, 6.45) is 23.1. The fourth-order valence-electron chi connectivity index (χ4n) is 20.5. The molecule has 4 aromatic carbocycles. The van der Waals surface area contributed by atoms with Crippen molar-refractivity contribution in [2.24, 2.45) is 16.2 Å². The molecule has 642 valence electrons. The second-order valence-electron chi connectivity index (χ2n) is 40.5. The molecule has 3 saturated heterocycles. The number of ether oxygens (including phenoxy) is 3. The number of rotatable bonds is 29. The van der Waals surface area contributed by atoms with Gasteiger partial charge in [0.1, 0.15) is 35.1 Å². The zero-order valence-corrected chi connectivity index (χ0v) is 71.6. The molecule has 0 unspecified atom stereocenters. The average molecular weight is 1640 g/mol. The fourth-order valence-corrected chi connectivity index (χ4v) is 20.5. The Morgan fingerprint density at radius 2 is 0.775 bits per heavy atom. The van der Waals surface area contributed by atoms with Crippen molar-refractivity contribution in [3.05, 3.63) is 196 Å². The molecule has 0 spiro atoms. The Hall–Kier alpha value is -8.70. The maximum absolute atomic E-state index is 13.5. The van der Waals surface area contributed by atoms with Crippen molar-refractivity contribution in [2.45, 2.75) is 283 Å². The van der Waals surface area contributed by atoms with Crippen LogP contribution < -0.4 is 5.32 Å². The molecule has 9 aliphatic carbocycles. The zero-order valence-electron chi connectivity index (χ0n) is 71.6. The number of esters is 1. The highest BCUT2D eigenvalue weighted by molar-refractivity contribution is 5.78. The topological polar surface area (TPSA) is 260 Å². The van der Waals surface area contributed by atoms with E-state index in [9.17, 15) is 34.2 Å². The van der Waals surface area contributed by atoms with Crippen LogP contribution in [0.3, 0.4) is 0 Å². The Labute approximate surface area is 707 Å². The molecule has 22 heteroatoms. The highest BCUT2D eigenvalue weighted by Gasteiger charge is 2.58. The van der Waals surface area contributed by atoms with E-state index in [1.807, 2.05) is 93.8 Å². The second-order valence-corrected chi connectivity index (χ2v) is 40.5. The van der Waals surface area contributed by atoms with Gasteiger partial charge in [0.05, 0.1) is 33.3 Å². The van der Waals surface area contributed by atoms with Crippen molar-refractivity contribution in [2.75, 3.05) is 78.5 Å². The van der Waals surface area contributed by atoms with Crippen LogP contribution in [0.4, 0.5) is 9.59 Å². The Kier molecular flexibility index (Phi) is 23.8. The summed E-state index contributed by atoms with van der Waals surface area (Å²) >= 11 is 0. The van der Waals surface area contributed by atoms with Gasteiger partial charge >= 0.3 is 30.1 Å². The molecular weight excluding hydrogens is 1510 g/mol. The van der Waals surface area contributed by atoms with Gasteiger partial charge in [0.25, 0.3) is 0 Å². The van der Waals surface area contributed by atoms with Crippen LogP contribution in [0.25, 0.3) is 0 Å². The van der Waals surface area contributed by atoms with Crippen molar-refractivity contribution in [1.82, 2.24) is 45.3 Å². The van der Waals surface area contributed by atoms with E-state index in [-0.39, 0.29) is 51.9 Å². The van der Waals surface area contributed by atoms with Crippen LogP contribution in [-0.2, 0) is 51.4 Å². The van der Waals surface area contributed by atoms with E-state index < -0.39 is 34.0 Å². The third kappa shape index (κ3) is 19.1. The first-order chi connectivity index (χ1) is 57.8. The number of carbonyl (C=O) groups is 5. The molecule has 7 aromatic rings. The number of hydrogen-bond acceptors (Lipinski definition) is 18. The SMILES string of the molecule is CC(C)(C)OC(=O)N(CC1(c2cc(C3CCN(CC4(C(=O)O)CCC4)CC3)on2)CC1)[C@@H]1C[C@H]1c1ccccc1.CC(C)(C)OC(=O)N(CC1(c2cc(C3CCN(CC4(C(=O)OCc5ccccc5)CCC4)CC3)on2)CC1)[C@@H]1C[C@H]1c1ccccc1.O=C(O)C1(CN2CCC(c3cc(C4(CN[C@@H]5C[C@H]5c5ccccc5)CC4)no3)CC2)CCC1. The number of nitrogens with zero attached hydrogens (tertiary/aromatic N) is 8. The number of hydrogen-bond donors (Lipinski definition) is 3. The number of aromatic nitrogens is 3. The molecule has 12 aliphatic rings. The summed E-state index contributed by atoms with van der Waals surface area (Å²) in [6, 6.07) is 49.0. The molecular formula is C98H127N9O13. The van der Waals surface area contributed by atoms with E-state index in [1.165, 1.54) is 36.0 Å². The van der Waals surface area contributed by atoms with Crippen molar-refractivity contribution < 1.29 is 62.0 Å². The molecule has 2 amide bonds. The third-order valence-electron chi connectivity index (χ3n) is 29.5. The second kappa shape index (κ2) is 34.2. The van der Waals surface area contributed by atoms with Gasteiger partial charge in [-0.1, -0.05) is 156 Å². The molecule has 6 heterocycles. The first kappa shape index (κ1) is 83.6. The molecule has 3 aliphatic heterocycles. The molecule has 9 saturated carbocycles. The summed E-state index contributed by atoms with van der Waals surface area (Å²) in [5.41, 5.74) is 5.36. The smallest absolute Gasteiger partial charge is 0.410 e. The van der Waals surface area contributed by atoms with Gasteiger partial charge in [-0.2, -0.15) is 0 Å². The lowest BCUT2D eigenvalue weighted by molar-refractivity contribution is -0.165. The van der Waals surface area contributed by atoms with Gasteiger partial charge in [0, 0.05) is 127 Å². The van der Waals surface area contributed by atoms with Crippen LogP contribution in [-0.4, -0.2) is 188 Å². The number of carbonyl (C=O) groups excluding carboxylic acids is 3. The van der Waals surface area contributed by atoms with Crippen LogP contribution in [0.1, 0.15) is 288 Å². The minimum absolute atomic E-state index is 0.0500. The number of nitrogens with one attached hydrogen (secondary N) is 1. The maximum Gasteiger partial charge on any atom is 0.410 e. The minimum Gasteiger partial charge on any atom is -0.481 e. The Morgan fingerprint density at radius 3 is 1.10 bits per heavy atom. The maximum atomic E-state index is 13.5. The number of carboxylic acid groups (broad SMARTS) is 2. The number of carboxylic acids is 2. The van der Waals surface area contributed by atoms with E-state index >= 15 is 0 Å². The van der Waals surface area contributed by atoms with Crippen LogP contribution >= 0.6 is 0 Å². The molecule has 6 atom stereocenters. The normalized spacial score (nSPS) is 25.4. The van der Waals surface area contributed by atoms with Gasteiger partial charge < -0.3 is 67.8 Å². The standard InChI is InChI=1S/C39H49N3O5.C32H43N3O5.C27H35N3O3/c1-37(2,3)46-36(44)42(32-23-31(32)29-13-8-5-9-14-29)27-38(19-20-38)34-24-33(47-40-34)30-15-21-41(22-16-30)26-39(17-10-18-39)35(43)45-25-28-11-6-4-7-12-28;1-30(2,3)39-29(38)35(25-18-24(25)22-8-5-4-6-9-22)21-31(14-15-31)27-19-26(40-33-27)23-10-16-34(17-11-23)20-32(28(36)37)12-7-13-32;31-25(32)27(9-4-10-27)18-30-13-7-20(8-14-30)23-16-24(29-33-23)26(11-12-26)17-28-22-15-21(22)19-5-2-1-3-6-19/h4-9,11-14,24,30-32H,10,15-23,25-27H2,1-3H3;4-6,8-9,19,23-25H,7,10-18,20-21H2,1-3H3,(H,36,37);1-3,5-6,16,20-22,28H,4,7-15,17-18H2,(H,31,32)/t31-,32+;24-,25+;21-,22+/m000/s1. The Balaban J connectivity index is 0.000000130. The van der Waals surface area contributed by atoms with Gasteiger partial charge in [-0.15, -0.1) is 0 Å². The van der Waals surface area contributed by atoms with Gasteiger partial charge in [0.15, 0.2) is 0 Å². The summed E-state index contributed by atoms with van der Waals surface area (Å²) in [6.45, 7) is 21.7. The van der Waals surface area contributed by atoms with Gasteiger partial charge in [-0.3, -0.25) is 14.4 Å². The molecule has 3 aromatic heterocycles. The number of aliphatic carboxylic acids is 2. The van der Waals surface area contributed by atoms with Crippen molar-refractivity contribution in [3.8, 4) is 0 Å². The van der Waals surface area contributed by atoms with Gasteiger partial charge in [-0.05, 0) is 238 Å². The van der Waals surface area contributed by atoms with Crippen molar-refractivity contribution in [1.29, 1.82) is 0 Å². The summed E-state index contributed by atoms with van der Waals surface area (Å²) in [5.74, 6) is 3.93. The number of piperidine rings is 3. The molecule has 22 nitrogen and oxygen atoms in total. The third-order valence-corrected chi connectivity index (χ3v) is 29.5. The molecule has 120 heavy (non-hydrogen) atoms. The van der Waals surface area contributed by atoms with Gasteiger partial charge in [0.2, 0.25) is 0 Å². The summed E-state index contributed by atoms with van der Waals surface area (Å²) in [4.78, 5) is 74.7. The molecule has 19 rings (SSSR count). The summed E-state index contributed by atoms with van der Waals surface area (Å²) in [7, 11) is 0. The van der Waals surface area contributed by atoms with Crippen molar-refractivity contribution in [3.63, 3.8) is 0 Å². The predicted molar refractivity (Wildman–Crippen MR) is 454 cm³/mol. The van der Waals surface area contributed by atoms with E-state index in [0.29, 0.717) is 74.3 Å². The van der Waals surface area contributed by atoms with Crippen molar-refractivity contribution >= 4 is 30.1 Å². The summed E-state index contributed by atoms with van der Waals surface area (Å²) in [5, 5.41) is 36.8. The van der Waals surface area contributed by atoms with Crippen LogP contribution in [0, 0.1) is 16.2 Å². The zero-order chi connectivity index (χ0) is 83.2. The quantitative estimate of drug-likeness (QED) is 0.0291. The molecule has 12 fully saturated rings. The van der Waals surface area contributed by atoms with E-state index in [0.717, 1.165) is 227 Å². The first-order valence-corrected chi connectivity index (χ1v) is 45.4. The van der Waals surface area contributed by atoms with E-state index in [1.54, 1.807) is 0 Å². The Bertz CT molecular complexity index is 4660. The summed E-state index contributed by atoms with van der Waals surface area (Å²) < 4.78 is 35.4.